The predicted octanol–water partition coefficient (Wildman–Crippen LogP) is 2.83. The van der Waals surface area contributed by atoms with E-state index in [9.17, 15) is 14.0 Å². The van der Waals surface area contributed by atoms with Crippen LogP contribution in [0, 0.1) is 11.7 Å². The summed E-state index contributed by atoms with van der Waals surface area (Å²) in [7, 11) is 1.55. The van der Waals surface area contributed by atoms with Gasteiger partial charge < -0.3 is 15.0 Å². The number of benzene rings is 2. The number of hydrogen-bond donors (Lipinski definition) is 1. The van der Waals surface area contributed by atoms with E-state index < -0.39 is 11.7 Å². The van der Waals surface area contributed by atoms with Gasteiger partial charge in [-0.05, 0) is 24.3 Å². The van der Waals surface area contributed by atoms with Crippen LogP contribution in [0.3, 0.4) is 0 Å². The number of methoxy groups -OCH3 is 1. The van der Waals surface area contributed by atoms with Gasteiger partial charge in [0.1, 0.15) is 11.6 Å². The zero-order valence-electron chi connectivity index (χ0n) is 13.2. The molecule has 0 aromatic heterocycles. The first-order chi connectivity index (χ1) is 11.6. The summed E-state index contributed by atoms with van der Waals surface area (Å²) in [4.78, 5) is 26.1. The van der Waals surface area contributed by atoms with Gasteiger partial charge in [0, 0.05) is 24.7 Å². The van der Waals surface area contributed by atoms with Crippen LogP contribution in [0.5, 0.6) is 5.75 Å². The van der Waals surface area contributed by atoms with Gasteiger partial charge in [-0.2, -0.15) is 0 Å². The van der Waals surface area contributed by atoms with Crippen LogP contribution in [0.4, 0.5) is 15.8 Å². The molecule has 1 aliphatic rings. The molecule has 24 heavy (non-hydrogen) atoms. The molecule has 0 aliphatic carbocycles. The maximum atomic E-state index is 13.6. The van der Waals surface area contributed by atoms with E-state index in [0.717, 1.165) is 0 Å². The van der Waals surface area contributed by atoms with Crippen molar-refractivity contribution in [1.29, 1.82) is 0 Å². The van der Waals surface area contributed by atoms with Crippen molar-refractivity contribution in [1.82, 2.24) is 0 Å². The highest BCUT2D eigenvalue weighted by atomic mass is 19.1. The highest BCUT2D eigenvalue weighted by Crippen LogP contribution is 2.28. The third-order valence-corrected chi connectivity index (χ3v) is 3.99. The van der Waals surface area contributed by atoms with E-state index in [1.807, 2.05) is 0 Å². The summed E-state index contributed by atoms with van der Waals surface area (Å²) < 4.78 is 18.8. The zero-order chi connectivity index (χ0) is 17.1. The fourth-order valence-electron chi connectivity index (χ4n) is 2.71. The number of ether oxygens (including phenoxy) is 1. The number of para-hydroxylation sites is 1. The van der Waals surface area contributed by atoms with Crippen molar-refractivity contribution < 1.29 is 18.7 Å². The Morgan fingerprint density at radius 2 is 2.04 bits per heavy atom. The summed E-state index contributed by atoms with van der Waals surface area (Å²) in [5.41, 5.74) is 0.801. The fraction of sp³-hybridized carbons (Fsp3) is 0.222. The van der Waals surface area contributed by atoms with Gasteiger partial charge in [-0.15, -0.1) is 0 Å². The maximum absolute atomic E-state index is 13.6. The van der Waals surface area contributed by atoms with E-state index in [1.54, 1.807) is 48.4 Å². The lowest BCUT2D eigenvalue weighted by Crippen LogP contribution is -2.28. The van der Waals surface area contributed by atoms with Gasteiger partial charge in [0.05, 0.1) is 18.7 Å². The Morgan fingerprint density at radius 3 is 2.79 bits per heavy atom. The minimum absolute atomic E-state index is 0.0947. The summed E-state index contributed by atoms with van der Waals surface area (Å²) >= 11 is 0. The van der Waals surface area contributed by atoms with Crippen LogP contribution >= 0.6 is 0 Å². The first-order valence-corrected chi connectivity index (χ1v) is 7.58. The normalized spacial score (nSPS) is 17.0. The Balaban J connectivity index is 1.72. The van der Waals surface area contributed by atoms with Gasteiger partial charge in [0.15, 0.2) is 0 Å². The standard InChI is InChI=1S/C18H17FN2O3/c1-24-14-6-4-5-13(10-14)21-11-12(9-17(21)22)18(23)20-16-8-3-2-7-15(16)19/h2-8,10,12H,9,11H2,1H3,(H,20,23)/t12-/m1/s1. The van der Waals surface area contributed by atoms with Crippen LogP contribution in [0.1, 0.15) is 6.42 Å². The van der Waals surface area contributed by atoms with Gasteiger partial charge in [0.2, 0.25) is 11.8 Å². The van der Waals surface area contributed by atoms with Crippen molar-refractivity contribution in [2.24, 2.45) is 5.92 Å². The lowest BCUT2D eigenvalue weighted by atomic mass is 10.1. The molecule has 124 valence electrons. The number of anilines is 2. The predicted molar refractivity (Wildman–Crippen MR) is 88.5 cm³/mol. The number of rotatable bonds is 4. The molecular weight excluding hydrogens is 311 g/mol. The van der Waals surface area contributed by atoms with Crippen LogP contribution in [-0.4, -0.2) is 25.5 Å². The molecule has 6 heteroatoms. The number of nitrogens with zero attached hydrogens (tertiary/aromatic N) is 1. The molecule has 1 heterocycles. The largest absolute Gasteiger partial charge is 0.497 e. The van der Waals surface area contributed by atoms with Gasteiger partial charge in [0.25, 0.3) is 0 Å². The van der Waals surface area contributed by atoms with Gasteiger partial charge in [-0.25, -0.2) is 4.39 Å². The molecule has 1 fully saturated rings. The van der Waals surface area contributed by atoms with Crippen LogP contribution in [-0.2, 0) is 9.59 Å². The van der Waals surface area contributed by atoms with Crippen LogP contribution < -0.4 is 15.0 Å². The quantitative estimate of drug-likeness (QED) is 0.939. The summed E-state index contributed by atoms with van der Waals surface area (Å²) in [6.07, 6.45) is 0.0947. The molecule has 0 spiro atoms. The third kappa shape index (κ3) is 3.22. The van der Waals surface area contributed by atoms with E-state index in [2.05, 4.69) is 5.32 Å². The smallest absolute Gasteiger partial charge is 0.229 e. The second-order valence-corrected chi connectivity index (χ2v) is 5.58. The summed E-state index contributed by atoms with van der Waals surface area (Å²) in [6.45, 7) is 0.256. The van der Waals surface area contributed by atoms with Crippen molar-refractivity contribution >= 4 is 23.2 Å². The summed E-state index contributed by atoms with van der Waals surface area (Å²) in [5, 5.41) is 2.55. The molecule has 1 saturated heterocycles. The van der Waals surface area contributed by atoms with Gasteiger partial charge >= 0.3 is 0 Å². The molecule has 0 radical (unpaired) electrons. The first-order valence-electron chi connectivity index (χ1n) is 7.58. The second kappa shape index (κ2) is 6.70. The van der Waals surface area contributed by atoms with Crippen LogP contribution in [0.2, 0.25) is 0 Å². The second-order valence-electron chi connectivity index (χ2n) is 5.58. The molecule has 0 unspecified atom stereocenters. The minimum Gasteiger partial charge on any atom is -0.497 e. The number of carbonyl (C=O) groups excluding carboxylic acids is 2. The van der Waals surface area contributed by atoms with E-state index in [1.165, 1.54) is 12.1 Å². The SMILES string of the molecule is COc1cccc(N2C[C@H](C(=O)Nc3ccccc3F)CC2=O)c1. The Labute approximate surface area is 139 Å². The van der Waals surface area contributed by atoms with Crippen molar-refractivity contribution in [2.75, 3.05) is 23.9 Å². The molecule has 3 rings (SSSR count). The maximum Gasteiger partial charge on any atom is 0.229 e. The Morgan fingerprint density at radius 1 is 1.25 bits per heavy atom. The molecule has 2 aromatic carbocycles. The fourth-order valence-corrected chi connectivity index (χ4v) is 2.71. The first kappa shape index (κ1) is 16.0. The van der Waals surface area contributed by atoms with Crippen molar-refractivity contribution in [3.8, 4) is 5.75 Å². The highest BCUT2D eigenvalue weighted by Gasteiger charge is 2.35. The summed E-state index contributed by atoms with van der Waals surface area (Å²) in [6, 6.07) is 13.1. The average molecular weight is 328 g/mol. The summed E-state index contributed by atoms with van der Waals surface area (Å²) in [5.74, 6) is -0.890. The van der Waals surface area contributed by atoms with Crippen molar-refractivity contribution in [3.63, 3.8) is 0 Å². The Bertz CT molecular complexity index is 778. The molecule has 2 aromatic rings. The molecular formula is C18H17FN2O3. The average Bonchev–Trinajstić information content (AvgIpc) is 2.99. The lowest BCUT2D eigenvalue weighted by Gasteiger charge is -2.17. The molecule has 2 amide bonds. The Kier molecular flexibility index (Phi) is 4.46. The van der Waals surface area contributed by atoms with Crippen molar-refractivity contribution in [3.05, 3.63) is 54.3 Å². The molecule has 0 bridgehead atoms. The topological polar surface area (TPSA) is 58.6 Å². The Hall–Kier alpha value is -2.89. The number of halogens is 1. The monoisotopic (exact) mass is 328 g/mol. The van der Waals surface area contributed by atoms with Gasteiger partial charge in [-0.1, -0.05) is 18.2 Å². The van der Waals surface area contributed by atoms with Gasteiger partial charge in [-0.3, -0.25) is 9.59 Å². The van der Waals surface area contributed by atoms with Crippen LogP contribution in [0.25, 0.3) is 0 Å². The number of amides is 2. The molecule has 1 aliphatic heterocycles. The molecule has 5 nitrogen and oxygen atoms in total. The van der Waals surface area contributed by atoms with E-state index in [-0.39, 0.29) is 30.5 Å². The number of hydrogen-bond acceptors (Lipinski definition) is 3. The van der Waals surface area contributed by atoms with E-state index in [4.69, 9.17) is 4.74 Å². The van der Waals surface area contributed by atoms with E-state index in [0.29, 0.717) is 11.4 Å². The molecule has 0 saturated carbocycles. The lowest BCUT2D eigenvalue weighted by molar-refractivity contribution is -0.122. The number of nitrogens with one attached hydrogen (secondary N) is 1. The molecule has 1 N–H and O–H groups in total. The van der Waals surface area contributed by atoms with Crippen molar-refractivity contribution in [2.45, 2.75) is 6.42 Å². The van der Waals surface area contributed by atoms with E-state index >= 15 is 0 Å². The molecule has 1 atom stereocenters. The zero-order valence-corrected chi connectivity index (χ0v) is 13.2. The third-order valence-electron chi connectivity index (χ3n) is 3.99. The highest BCUT2D eigenvalue weighted by molar-refractivity contribution is 6.03. The number of carbonyl (C=O) groups is 2. The van der Waals surface area contributed by atoms with Crippen LogP contribution in [0.15, 0.2) is 48.5 Å². The minimum atomic E-state index is -0.525.